The fourth-order valence-corrected chi connectivity index (χ4v) is 7.95. The Bertz CT molecular complexity index is 1570. The Kier molecular flexibility index (Phi) is 8.69. The highest BCUT2D eigenvalue weighted by molar-refractivity contribution is 6.30. The van der Waals surface area contributed by atoms with Gasteiger partial charge in [0.1, 0.15) is 12.0 Å². The van der Waals surface area contributed by atoms with Gasteiger partial charge in [0.25, 0.3) is 0 Å². The molecule has 1 N–H and O–H groups in total. The second-order valence-corrected chi connectivity index (χ2v) is 14.1. The highest BCUT2D eigenvalue weighted by Crippen LogP contribution is 2.53. The second kappa shape index (κ2) is 12.4. The van der Waals surface area contributed by atoms with E-state index < -0.39 is 59.5 Å². The van der Waals surface area contributed by atoms with Crippen molar-refractivity contribution in [1.29, 1.82) is 0 Å². The summed E-state index contributed by atoms with van der Waals surface area (Å²) in [5, 5.41) is 3.66. The molecule has 0 unspecified atom stereocenters. The minimum Gasteiger partial charge on any atom is -0.469 e. The topological polar surface area (TPSA) is 105 Å². The summed E-state index contributed by atoms with van der Waals surface area (Å²) in [6.07, 6.45) is 2.60. The average Bonchev–Trinajstić information content (AvgIpc) is 3.53. The molecule has 0 saturated carbocycles. The maximum atomic E-state index is 14.2. The standard InChI is InChI=1S/C36H40ClN3O6/c1-6-25-28(35(44)45-5)30-31(46-25)26-22(14-17-24-27(26)34(43)40(33(24)42)18-20-10-8-7-9-11-20)19-39(30)29(32(41)38-36(2,3)4)21-12-15-23(37)16-13-21/h6-16,24-31H,1,17-19H2,2-5H3,(H,38,41)/t24-,25-,26+,27-,28+,29+,30-,31+/m0/s1. The quantitative estimate of drug-likeness (QED) is 0.269. The first-order chi connectivity index (χ1) is 21.9. The van der Waals surface area contributed by atoms with E-state index >= 15 is 0 Å². The number of nitrogens with one attached hydrogen (secondary N) is 1. The van der Waals surface area contributed by atoms with Crippen molar-refractivity contribution in [3.8, 4) is 0 Å². The number of methoxy groups -OCH3 is 1. The molecule has 0 radical (unpaired) electrons. The zero-order valence-corrected chi connectivity index (χ0v) is 27.3. The van der Waals surface area contributed by atoms with Gasteiger partial charge >= 0.3 is 5.97 Å². The second-order valence-electron chi connectivity index (χ2n) is 13.6. The van der Waals surface area contributed by atoms with Crippen LogP contribution < -0.4 is 5.32 Å². The number of allylic oxidation sites excluding steroid dienone is 1. The summed E-state index contributed by atoms with van der Waals surface area (Å²) >= 11 is 6.25. The van der Waals surface area contributed by atoms with Crippen LogP contribution in [0.5, 0.6) is 0 Å². The van der Waals surface area contributed by atoms with Gasteiger partial charge in [0, 0.05) is 23.0 Å². The number of carbonyl (C=O) groups excluding carboxylic acids is 4. The van der Waals surface area contributed by atoms with E-state index in [0.29, 0.717) is 23.6 Å². The molecular weight excluding hydrogens is 606 g/mol. The predicted octanol–water partition coefficient (Wildman–Crippen LogP) is 4.47. The van der Waals surface area contributed by atoms with Crippen molar-refractivity contribution in [3.05, 3.63) is 95.1 Å². The zero-order valence-electron chi connectivity index (χ0n) is 26.5. The summed E-state index contributed by atoms with van der Waals surface area (Å²) in [5.74, 6) is -3.63. The van der Waals surface area contributed by atoms with Crippen molar-refractivity contribution < 1.29 is 28.7 Å². The Morgan fingerprint density at radius 3 is 2.41 bits per heavy atom. The summed E-state index contributed by atoms with van der Waals surface area (Å²) in [7, 11) is 1.33. The van der Waals surface area contributed by atoms with E-state index in [4.69, 9.17) is 21.1 Å². The monoisotopic (exact) mass is 645 g/mol. The van der Waals surface area contributed by atoms with Gasteiger partial charge in [0.15, 0.2) is 0 Å². The first kappa shape index (κ1) is 32.2. The van der Waals surface area contributed by atoms with Gasteiger partial charge in [-0.2, -0.15) is 0 Å². The van der Waals surface area contributed by atoms with E-state index in [9.17, 15) is 19.2 Å². The third-order valence-corrected chi connectivity index (χ3v) is 9.90. The molecule has 3 aliphatic heterocycles. The van der Waals surface area contributed by atoms with Crippen LogP contribution in [-0.4, -0.2) is 70.9 Å². The van der Waals surface area contributed by atoms with Gasteiger partial charge in [-0.25, -0.2) is 0 Å². The van der Waals surface area contributed by atoms with Gasteiger partial charge < -0.3 is 14.8 Å². The molecule has 3 fully saturated rings. The molecule has 2 aromatic carbocycles. The molecule has 6 rings (SSSR count). The fraction of sp³-hybridized carbons (Fsp3) is 0.444. The number of esters is 1. The summed E-state index contributed by atoms with van der Waals surface area (Å²) in [5.41, 5.74) is 1.95. The van der Waals surface area contributed by atoms with E-state index in [2.05, 4.69) is 11.9 Å². The van der Waals surface area contributed by atoms with Gasteiger partial charge in [-0.05, 0) is 50.5 Å². The van der Waals surface area contributed by atoms with E-state index in [0.717, 1.165) is 11.1 Å². The number of rotatable bonds is 7. The SMILES string of the molecule is C=C[C@@H]1O[C@@H]2[C@@H]3C(=CC[C@@H]4C(=O)N(Cc5ccccc5)C(=O)[C@H]34)CN([C@@H](C(=O)NC(C)(C)C)c3ccc(Cl)cc3)[C@H]2[C@@H]1C(=O)OC. The average molecular weight is 646 g/mol. The van der Waals surface area contributed by atoms with Crippen LogP contribution in [0, 0.1) is 23.7 Å². The maximum absolute atomic E-state index is 14.2. The molecule has 3 heterocycles. The summed E-state index contributed by atoms with van der Waals surface area (Å²) < 4.78 is 11.9. The highest BCUT2D eigenvalue weighted by atomic mass is 35.5. The molecule has 3 saturated heterocycles. The minimum atomic E-state index is -0.821. The number of nitrogens with zero attached hydrogens (tertiary/aromatic N) is 2. The molecule has 0 aromatic heterocycles. The molecule has 8 atom stereocenters. The third-order valence-electron chi connectivity index (χ3n) is 9.64. The van der Waals surface area contributed by atoms with Crippen LogP contribution in [0.3, 0.4) is 0 Å². The number of likely N-dealkylation sites (tertiary alicyclic amines) is 2. The Morgan fingerprint density at radius 2 is 1.78 bits per heavy atom. The Hall–Kier alpha value is -3.79. The molecule has 0 bridgehead atoms. The number of hydrogen-bond donors (Lipinski definition) is 1. The van der Waals surface area contributed by atoms with E-state index in [1.54, 1.807) is 18.2 Å². The van der Waals surface area contributed by atoms with Crippen LogP contribution >= 0.6 is 11.6 Å². The molecule has 242 valence electrons. The van der Waals surface area contributed by atoms with E-state index in [1.165, 1.54) is 12.0 Å². The Balaban J connectivity index is 1.44. The van der Waals surface area contributed by atoms with Gasteiger partial charge in [-0.3, -0.25) is 29.0 Å². The van der Waals surface area contributed by atoms with Crippen LogP contribution in [-0.2, 0) is 35.2 Å². The molecule has 46 heavy (non-hydrogen) atoms. The number of piperidine rings is 1. The van der Waals surface area contributed by atoms with E-state index in [1.807, 2.05) is 74.2 Å². The number of benzene rings is 2. The van der Waals surface area contributed by atoms with Crippen molar-refractivity contribution in [2.45, 2.75) is 63.6 Å². The third kappa shape index (κ3) is 5.69. The lowest BCUT2D eigenvalue weighted by atomic mass is 9.66. The predicted molar refractivity (Wildman–Crippen MR) is 172 cm³/mol. The van der Waals surface area contributed by atoms with Crippen molar-refractivity contribution in [2.24, 2.45) is 23.7 Å². The number of halogens is 1. The number of ether oxygens (including phenoxy) is 2. The Morgan fingerprint density at radius 1 is 1.09 bits per heavy atom. The van der Waals surface area contributed by atoms with Crippen molar-refractivity contribution >= 4 is 35.3 Å². The van der Waals surface area contributed by atoms with Gasteiger partial charge in [0.2, 0.25) is 17.7 Å². The van der Waals surface area contributed by atoms with Crippen LogP contribution in [0.1, 0.15) is 44.4 Å². The van der Waals surface area contributed by atoms with Crippen LogP contribution in [0.15, 0.2) is 78.9 Å². The molecule has 10 heteroatoms. The van der Waals surface area contributed by atoms with Gasteiger partial charge in [0.05, 0.1) is 43.7 Å². The largest absolute Gasteiger partial charge is 0.469 e. The molecule has 1 aliphatic carbocycles. The highest BCUT2D eigenvalue weighted by Gasteiger charge is 2.64. The minimum absolute atomic E-state index is 0.195. The normalized spacial score (nSPS) is 29.7. The number of carbonyl (C=O) groups is 4. The number of fused-ring (bicyclic) bond motifs is 5. The molecule has 0 spiro atoms. The van der Waals surface area contributed by atoms with Crippen LogP contribution in [0.2, 0.25) is 5.02 Å². The van der Waals surface area contributed by atoms with Gasteiger partial charge in [-0.15, -0.1) is 6.58 Å². The summed E-state index contributed by atoms with van der Waals surface area (Å²) in [6.45, 7) is 10.2. The van der Waals surface area contributed by atoms with Crippen molar-refractivity contribution in [3.63, 3.8) is 0 Å². The summed E-state index contributed by atoms with van der Waals surface area (Å²) in [6, 6.07) is 15.1. The number of imide groups is 1. The smallest absolute Gasteiger partial charge is 0.313 e. The number of amides is 3. The van der Waals surface area contributed by atoms with Crippen LogP contribution in [0.25, 0.3) is 0 Å². The fourth-order valence-electron chi connectivity index (χ4n) is 7.82. The zero-order chi connectivity index (χ0) is 32.9. The molecule has 9 nitrogen and oxygen atoms in total. The number of hydrogen-bond acceptors (Lipinski definition) is 7. The van der Waals surface area contributed by atoms with Crippen molar-refractivity contribution in [1.82, 2.24) is 15.1 Å². The van der Waals surface area contributed by atoms with Crippen molar-refractivity contribution in [2.75, 3.05) is 13.7 Å². The lowest BCUT2D eigenvalue weighted by Gasteiger charge is -2.50. The Labute approximate surface area is 274 Å². The lowest BCUT2D eigenvalue weighted by molar-refractivity contribution is -0.149. The first-order valence-electron chi connectivity index (χ1n) is 15.7. The van der Waals surface area contributed by atoms with E-state index in [-0.39, 0.29) is 24.3 Å². The maximum Gasteiger partial charge on any atom is 0.313 e. The molecule has 2 aromatic rings. The summed E-state index contributed by atoms with van der Waals surface area (Å²) in [4.78, 5) is 59.0. The molecule has 3 amide bonds. The van der Waals surface area contributed by atoms with Gasteiger partial charge in [-0.1, -0.05) is 71.8 Å². The first-order valence-corrected chi connectivity index (χ1v) is 16.1. The molecular formula is C36H40ClN3O6. The lowest BCUT2D eigenvalue weighted by Crippen LogP contribution is -2.61. The molecule has 4 aliphatic rings. The van der Waals surface area contributed by atoms with Crippen LogP contribution in [0.4, 0.5) is 0 Å².